The molecule has 0 aliphatic rings. The number of aromatic hydroxyl groups is 1. The molecule has 0 amide bonds. The Labute approximate surface area is 86.1 Å². The largest absolute Gasteiger partial charge is 0.507 e. The minimum absolute atomic E-state index is 0.195. The van der Waals surface area contributed by atoms with Gasteiger partial charge in [0.25, 0.3) is 5.69 Å². The van der Waals surface area contributed by atoms with E-state index in [0.717, 1.165) is 12.1 Å². The maximum atomic E-state index is 10.7. The van der Waals surface area contributed by atoms with Crippen molar-refractivity contribution in [3.05, 3.63) is 32.3 Å². The van der Waals surface area contributed by atoms with E-state index in [1.165, 1.54) is 0 Å². The van der Waals surface area contributed by atoms with Crippen LogP contribution < -0.4 is 0 Å². The predicted octanol–water partition coefficient (Wildman–Crippen LogP) is 1.76. The standard InChI is InChI=1S/C7H4BrNO5/c8-6-4(10)2-1-3(9(13)14)5(6)7(11)12/h1-2,10H,(H,11,12). The molecule has 0 heterocycles. The van der Waals surface area contributed by atoms with E-state index >= 15 is 0 Å². The summed E-state index contributed by atoms with van der Waals surface area (Å²) in [6, 6.07) is 1.98. The highest BCUT2D eigenvalue weighted by Gasteiger charge is 2.24. The summed E-state index contributed by atoms with van der Waals surface area (Å²) in [7, 11) is 0. The SMILES string of the molecule is O=C(O)c1c([N+](=O)[O-])ccc(O)c1Br. The third-order valence-corrected chi connectivity index (χ3v) is 2.31. The highest BCUT2D eigenvalue weighted by atomic mass is 79.9. The van der Waals surface area contributed by atoms with Gasteiger partial charge in [-0.3, -0.25) is 10.1 Å². The number of nitrogens with zero attached hydrogens (tertiary/aromatic N) is 1. The quantitative estimate of drug-likeness (QED) is 0.624. The summed E-state index contributed by atoms with van der Waals surface area (Å²) in [5, 5.41) is 28.2. The third kappa shape index (κ3) is 1.67. The number of carbonyl (C=O) groups is 1. The van der Waals surface area contributed by atoms with Gasteiger partial charge in [0.15, 0.2) is 5.56 Å². The van der Waals surface area contributed by atoms with Crippen molar-refractivity contribution in [2.75, 3.05) is 0 Å². The molecule has 0 aliphatic carbocycles. The second-order valence-corrected chi connectivity index (χ2v) is 3.15. The van der Waals surface area contributed by atoms with Crippen molar-refractivity contribution < 1.29 is 19.9 Å². The molecule has 0 aromatic heterocycles. The number of aromatic carboxylic acids is 1. The minimum atomic E-state index is -1.47. The molecule has 14 heavy (non-hydrogen) atoms. The van der Waals surface area contributed by atoms with Gasteiger partial charge in [0.1, 0.15) is 5.75 Å². The maximum Gasteiger partial charge on any atom is 0.344 e. The molecule has 7 heteroatoms. The van der Waals surface area contributed by atoms with E-state index in [4.69, 9.17) is 10.2 Å². The highest BCUT2D eigenvalue weighted by Crippen LogP contribution is 2.33. The Balaban J connectivity index is 3.53. The van der Waals surface area contributed by atoms with Crippen LogP contribution in [0.5, 0.6) is 5.75 Å². The smallest absolute Gasteiger partial charge is 0.344 e. The topological polar surface area (TPSA) is 101 Å². The first-order valence-electron chi connectivity index (χ1n) is 3.34. The molecule has 0 unspecified atom stereocenters. The molecule has 0 saturated heterocycles. The zero-order valence-corrected chi connectivity index (χ0v) is 8.19. The van der Waals surface area contributed by atoms with Gasteiger partial charge >= 0.3 is 5.97 Å². The van der Waals surface area contributed by atoms with Gasteiger partial charge in [0, 0.05) is 6.07 Å². The first kappa shape index (κ1) is 10.5. The molecule has 1 rings (SSSR count). The second kappa shape index (κ2) is 3.62. The van der Waals surface area contributed by atoms with E-state index in [1.54, 1.807) is 0 Å². The fourth-order valence-electron chi connectivity index (χ4n) is 0.910. The number of nitro groups is 1. The number of nitro benzene ring substituents is 1. The van der Waals surface area contributed by atoms with Crippen molar-refractivity contribution in [3.63, 3.8) is 0 Å². The lowest BCUT2D eigenvalue weighted by Crippen LogP contribution is -2.03. The van der Waals surface area contributed by atoms with E-state index in [9.17, 15) is 14.9 Å². The summed E-state index contributed by atoms with van der Waals surface area (Å²) in [6.45, 7) is 0. The van der Waals surface area contributed by atoms with Gasteiger partial charge in [0.05, 0.1) is 9.40 Å². The number of halogens is 1. The number of carboxylic acid groups (broad SMARTS) is 1. The molecule has 1 aromatic rings. The molecule has 2 N–H and O–H groups in total. The van der Waals surface area contributed by atoms with Crippen LogP contribution in [0.15, 0.2) is 16.6 Å². The van der Waals surface area contributed by atoms with E-state index in [-0.39, 0.29) is 10.2 Å². The Morgan fingerprint density at radius 2 is 2.07 bits per heavy atom. The maximum absolute atomic E-state index is 10.7. The van der Waals surface area contributed by atoms with Crippen molar-refractivity contribution in [2.45, 2.75) is 0 Å². The zero-order chi connectivity index (χ0) is 10.9. The predicted molar refractivity (Wildman–Crippen MR) is 49.4 cm³/mol. The Kier molecular flexibility index (Phi) is 2.70. The average molecular weight is 262 g/mol. The summed E-state index contributed by atoms with van der Waals surface area (Å²) in [5.74, 6) is -1.83. The number of carboxylic acids is 1. The number of benzene rings is 1. The van der Waals surface area contributed by atoms with E-state index in [0.29, 0.717) is 0 Å². The van der Waals surface area contributed by atoms with Crippen LogP contribution in [-0.4, -0.2) is 21.1 Å². The Morgan fingerprint density at radius 3 is 2.50 bits per heavy atom. The van der Waals surface area contributed by atoms with Gasteiger partial charge in [-0.05, 0) is 22.0 Å². The van der Waals surface area contributed by atoms with Gasteiger partial charge in [0.2, 0.25) is 0 Å². The fraction of sp³-hybridized carbons (Fsp3) is 0. The van der Waals surface area contributed by atoms with Crippen molar-refractivity contribution in [3.8, 4) is 5.75 Å². The van der Waals surface area contributed by atoms with Gasteiger partial charge in [-0.15, -0.1) is 0 Å². The van der Waals surface area contributed by atoms with Gasteiger partial charge in [-0.2, -0.15) is 0 Å². The van der Waals surface area contributed by atoms with Crippen LogP contribution in [0.3, 0.4) is 0 Å². The molecule has 0 saturated carbocycles. The normalized spacial score (nSPS) is 9.79. The second-order valence-electron chi connectivity index (χ2n) is 2.36. The number of phenolic OH excluding ortho intramolecular Hbond substituents is 1. The molecule has 6 nitrogen and oxygen atoms in total. The van der Waals surface area contributed by atoms with Gasteiger partial charge in [-0.1, -0.05) is 0 Å². The Morgan fingerprint density at radius 1 is 1.50 bits per heavy atom. The summed E-state index contributed by atoms with van der Waals surface area (Å²) < 4.78 is -0.195. The van der Waals surface area contributed by atoms with Crippen LogP contribution in [-0.2, 0) is 0 Å². The van der Waals surface area contributed by atoms with Crippen LogP contribution in [0.2, 0.25) is 0 Å². The molecule has 74 valence electrons. The molecule has 0 bridgehead atoms. The van der Waals surface area contributed by atoms with Crippen LogP contribution in [0.4, 0.5) is 5.69 Å². The summed E-state index contributed by atoms with van der Waals surface area (Å²) >= 11 is 2.76. The fourth-order valence-corrected chi connectivity index (χ4v) is 1.42. The van der Waals surface area contributed by atoms with Gasteiger partial charge in [-0.25, -0.2) is 4.79 Å². The number of hydrogen-bond donors (Lipinski definition) is 2. The van der Waals surface area contributed by atoms with E-state index in [1.807, 2.05) is 0 Å². The average Bonchev–Trinajstić information content (AvgIpc) is 2.08. The molecule has 0 aliphatic heterocycles. The van der Waals surface area contributed by atoms with Crippen molar-refractivity contribution in [2.24, 2.45) is 0 Å². The minimum Gasteiger partial charge on any atom is -0.507 e. The molecule has 0 fully saturated rings. The van der Waals surface area contributed by atoms with Crippen LogP contribution in [0, 0.1) is 10.1 Å². The number of phenols is 1. The number of hydrogen-bond acceptors (Lipinski definition) is 4. The van der Waals surface area contributed by atoms with Crippen LogP contribution in [0.1, 0.15) is 10.4 Å². The van der Waals surface area contributed by atoms with Crippen molar-refractivity contribution >= 4 is 27.6 Å². The number of rotatable bonds is 2. The zero-order valence-electron chi connectivity index (χ0n) is 6.60. The summed E-state index contributed by atoms with van der Waals surface area (Å²) in [4.78, 5) is 20.3. The molecule has 1 aromatic carbocycles. The van der Waals surface area contributed by atoms with Crippen molar-refractivity contribution in [1.82, 2.24) is 0 Å². The lowest BCUT2D eigenvalue weighted by Gasteiger charge is -2.02. The molecular weight excluding hydrogens is 258 g/mol. The molecule has 0 radical (unpaired) electrons. The third-order valence-electron chi connectivity index (χ3n) is 1.51. The van der Waals surface area contributed by atoms with Crippen LogP contribution in [0.25, 0.3) is 0 Å². The first-order chi connectivity index (χ1) is 6.45. The summed E-state index contributed by atoms with van der Waals surface area (Å²) in [6.07, 6.45) is 0. The monoisotopic (exact) mass is 261 g/mol. The summed E-state index contributed by atoms with van der Waals surface area (Å²) in [5.41, 5.74) is -1.13. The molecule has 0 atom stereocenters. The lowest BCUT2D eigenvalue weighted by molar-refractivity contribution is -0.385. The van der Waals surface area contributed by atoms with E-state index < -0.39 is 22.1 Å². The van der Waals surface area contributed by atoms with Crippen LogP contribution >= 0.6 is 15.9 Å². The Bertz CT molecular complexity index is 417. The van der Waals surface area contributed by atoms with Gasteiger partial charge < -0.3 is 10.2 Å². The molecule has 0 spiro atoms. The first-order valence-corrected chi connectivity index (χ1v) is 4.13. The van der Waals surface area contributed by atoms with Crippen molar-refractivity contribution in [1.29, 1.82) is 0 Å². The van der Waals surface area contributed by atoms with E-state index in [2.05, 4.69) is 15.9 Å². The lowest BCUT2D eigenvalue weighted by atomic mass is 10.2. The Hall–Kier alpha value is -1.63. The highest BCUT2D eigenvalue weighted by molar-refractivity contribution is 9.10. The molecular formula is C7H4BrNO5.